The van der Waals surface area contributed by atoms with Crippen LogP contribution in [0.25, 0.3) is 10.9 Å². The van der Waals surface area contributed by atoms with Gasteiger partial charge < -0.3 is 15.1 Å². The van der Waals surface area contributed by atoms with Crippen LogP contribution in [0.3, 0.4) is 0 Å². The number of hydrogen-bond donors (Lipinski definition) is 1. The minimum absolute atomic E-state index is 0.438. The Bertz CT molecular complexity index is 605. The number of rotatable bonds is 5. The van der Waals surface area contributed by atoms with Crippen molar-refractivity contribution in [1.82, 2.24) is 14.8 Å². The molecule has 118 valence electrons. The predicted molar refractivity (Wildman–Crippen MR) is 93.4 cm³/mol. The van der Waals surface area contributed by atoms with Crippen LogP contribution in [-0.2, 0) is 0 Å². The molecule has 0 amide bonds. The number of aromatic nitrogens is 1. The largest absolute Gasteiger partial charge is 0.368 e. The van der Waals surface area contributed by atoms with Crippen molar-refractivity contribution in [2.75, 3.05) is 45.1 Å². The molecule has 22 heavy (non-hydrogen) atoms. The lowest BCUT2D eigenvalue weighted by Gasteiger charge is -2.33. The first kappa shape index (κ1) is 15.3. The Kier molecular flexibility index (Phi) is 4.90. The smallest absolute Gasteiger partial charge is 0.126 e. The van der Waals surface area contributed by atoms with Crippen LogP contribution >= 0.6 is 0 Å². The third-order valence-corrected chi connectivity index (χ3v) is 4.47. The van der Waals surface area contributed by atoms with Gasteiger partial charge in [-0.05, 0) is 38.6 Å². The lowest BCUT2D eigenvalue weighted by Crippen LogP contribution is -2.45. The number of para-hydroxylation sites is 1. The van der Waals surface area contributed by atoms with E-state index in [-0.39, 0.29) is 0 Å². The van der Waals surface area contributed by atoms with Crippen molar-refractivity contribution in [1.29, 1.82) is 0 Å². The topological polar surface area (TPSA) is 31.4 Å². The Morgan fingerprint density at radius 3 is 2.68 bits per heavy atom. The van der Waals surface area contributed by atoms with Gasteiger partial charge in [0.1, 0.15) is 5.82 Å². The van der Waals surface area contributed by atoms with E-state index in [4.69, 9.17) is 0 Å². The van der Waals surface area contributed by atoms with E-state index in [0.717, 1.165) is 24.3 Å². The summed E-state index contributed by atoms with van der Waals surface area (Å²) in [6, 6.07) is 12.9. The standard InChI is InChI=1S/C18H26N4/c1-15(9-10-22-13-11-21(2)12-14-22)19-18-8-7-16-5-3-4-6-17(16)20-18/h3-8,15H,9-14H2,1-2H3,(H,19,20). The van der Waals surface area contributed by atoms with Crippen LogP contribution in [0.4, 0.5) is 5.82 Å². The van der Waals surface area contributed by atoms with E-state index in [9.17, 15) is 0 Å². The molecule has 0 spiro atoms. The molecule has 1 aromatic carbocycles. The normalized spacial score (nSPS) is 18.5. The fraction of sp³-hybridized carbons (Fsp3) is 0.500. The van der Waals surface area contributed by atoms with Crippen LogP contribution in [0.5, 0.6) is 0 Å². The highest BCUT2D eigenvalue weighted by atomic mass is 15.2. The molecule has 1 aliphatic heterocycles. The van der Waals surface area contributed by atoms with Crippen molar-refractivity contribution >= 4 is 16.7 Å². The van der Waals surface area contributed by atoms with Gasteiger partial charge in [-0.15, -0.1) is 0 Å². The molecule has 1 atom stereocenters. The van der Waals surface area contributed by atoms with Crippen LogP contribution in [0.15, 0.2) is 36.4 Å². The molecule has 0 radical (unpaired) electrons. The van der Waals surface area contributed by atoms with Crippen LogP contribution < -0.4 is 5.32 Å². The molecular formula is C18H26N4. The molecule has 1 N–H and O–H groups in total. The maximum absolute atomic E-state index is 4.69. The van der Waals surface area contributed by atoms with Gasteiger partial charge in [-0.25, -0.2) is 4.98 Å². The van der Waals surface area contributed by atoms with Gasteiger partial charge in [-0.3, -0.25) is 0 Å². The summed E-state index contributed by atoms with van der Waals surface area (Å²) in [4.78, 5) is 9.65. The summed E-state index contributed by atoms with van der Waals surface area (Å²) in [5.74, 6) is 0.976. The van der Waals surface area contributed by atoms with Gasteiger partial charge in [0.05, 0.1) is 5.52 Å². The van der Waals surface area contributed by atoms with Crippen LogP contribution in [-0.4, -0.2) is 60.6 Å². The van der Waals surface area contributed by atoms with Gasteiger partial charge in [0.15, 0.2) is 0 Å². The summed E-state index contributed by atoms with van der Waals surface area (Å²) in [5, 5.41) is 4.73. The summed E-state index contributed by atoms with van der Waals surface area (Å²) < 4.78 is 0. The first-order valence-corrected chi connectivity index (χ1v) is 8.24. The molecule has 4 heteroatoms. The van der Waals surface area contributed by atoms with Gasteiger partial charge in [0.25, 0.3) is 0 Å². The Morgan fingerprint density at radius 1 is 1.09 bits per heavy atom. The zero-order chi connectivity index (χ0) is 15.4. The summed E-state index contributed by atoms with van der Waals surface area (Å²) in [6.45, 7) is 8.17. The SMILES string of the molecule is CC(CCN1CCN(C)CC1)Nc1ccc2ccccc2n1. The average Bonchev–Trinajstić information content (AvgIpc) is 2.54. The molecule has 0 saturated carbocycles. The Morgan fingerprint density at radius 2 is 1.86 bits per heavy atom. The number of nitrogens with one attached hydrogen (secondary N) is 1. The first-order valence-electron chi connectivity index (χ1n) is 8.24. The highest BCUT2D eigenvalue weighted by Crippen LogP contribution is 2.15. The van der Waals surface area contributed by atoms with Gasteiger partial charge >= 0.3 is 0 Å². The summed E-state index contributed by atoms with van der Waals surface area (Å²) >= 11 is 0. The third kappa shape index (κ3) is 3.96. The minimum atomic E-state index is 0.438. The van der Waals surface area contributed by atoms with Crippen LogP contribution in [0, 0.1) is 0 Å². The first-order chi connectivity index (χ1) is 10.7. The quantitative estimate of drug-likeness (QED) is 0.919. The molecule has 1 aromatic heterocycles. The van der Waals surface area contributed by atoms with E-state index >= 15 is 0 Å². The molecule has 2 heterocycles. The molecule has 3 rings (SSSR count). The van der Waals surface area contributed by atoms with Crippen LogP contribution in [0.1, 0.15) is 13.3 Å². The number of anilines is 1. The summed E-state index contributed by atoms with van der Waals surface area (Å²) in [5.41, 5.74) is 1.05. The second-order valence-electron chi connectivity index (χ2n) is 6.37. The number of fused-ring (bicyclic) bond motifs is 1. The molecule has 0 bridgehead atoms. The third-order valence-electron chi connectivity index (χ3n) is 4.47. The van der Waals surface area contributed by atoms with Crippen molar-refractivity contribution in [3.63, 3.8) is 0 Å². The van der Waals surface area contributed by atoms with Gasteiger partial charge in [-0.1, -0.05) is 18.2 Å². The molecule has 2 aromatic rings. The van der Waals surface area contributed by atoms with Crippen molar-refractivity contribution < 1.29 is 0 Å². The predicted octanol–water partition coefficient (Wildman–Crippen LogP) is 2.67. The van der Waals surface area contributed by atoms with Gasteiger partial charge in [0.2, 0.25) is 0 Å². The fourth-order valence-corrected chi connectivity index (χ4v) is 2.92. The molecule has 1 aliphatic rings. The van der Waals surface area contributed by atoms with E-state index in [0.29, 0.717) is 6.04 Å². The fourth-order valence-electron chi connectivity index (χ4n) is 2.92. The number of hydrogen-bond acceptors (Lipinski definition) is 4. The number of nitrogens with zero attached hydrogens (tertiary/aromatic N) is 3. The molecule has 1 fully saturated rings. The van der Waals surface area contributed by atoms with Gasteiger partial charge in [-0.2, -0.15) is 0 Å². The van der Waals surface area contributed by atoms with Crippen molar-refractivity contribution in [2.45, 2.75) is 19.4 Å². The molecular weight excluding hydrogens is 272 g/mol. The Balaban J connectivity index is 1.51. The monoisotopic (exact) mass is 298 g/mol. The van der Waals surface area contributed by atoms with E-state index in [2.05, 4.69) is 64.4 Å². The lowest BCUT2D eigenvalue weighted by atomic mass is 10.2. The molecule has 4 nitrogen and oxygen atoms in total. The van der Waals surface area contributed by atoms with E-state index in [1.807, 2.05) is 6.07 Å². The molecule has 1 unspecified atom stereocenters. The Labute approximate surface area is 133 Å². The Hall–Kier alpha value is -1.65. The van der Waals surface area contributed by atoms with Crippen molar-refractivity contribution in [3.05, 3.63) is 36.4 Å². The zero-order valence-corrected chi connectivity index (χ0v) is 13.6. The molecule has 1 saturated heterocycles. The number of likely N-dealkylation sites (N-methyl/N-ethyl adjacent to an activating group) is 1. The van der Waals surface area contributed by atoms with E-state index in [1.165, 1.54) is 31.6 Å². The van der Waals surface area contributed by atoms with Crippen molar-refractivity contribution in [3.8, 4) is 0 Å². The highest BCUT2D eigenvalue weighted by Gasteiger charge is 2.14. The minimum Gasteiger partial charge on any atom is -0.368 e. The zero-order valence-electron chi connectivity index (χ0n) is 13.6. The summed E-state index contributed by atoms with van der Waals surface area (Å²) in [7, 11) is 2.20. The van der Waals surface area contributed by atoms with Crippen molar-refractivity contribution in [2.24, 2.45) is 0 Å². The second kappa shape index (κ2) is 7.07. The van der Waals surface area contributed by atoms with Gasteiger partial charge in [0, 0.05) is 44.2 Å². The summed E-state index contributed by atoms with van der Waals surface area (Å²) in [6.07, 6.45) is 1.15. The number of piperazine rings is 1. The molecule has 0 aliphatic carbocycles. The average molecular weight is 298 g/mol. The van der Waals surface area contributed by atoms with E-state index < -0.39 is 0 Å². The lowest BCUT2D eigenvalue weighted by molar-refractivity contribution is 0.151. The highest BCUT2D eigenvalue weighted by molar-refractivity contribution is 5.80. The maximum Gasteiger partial charge on any atom is 0.126 e. The number of pyridine rings is 1. The van der Waals surface area contributed by atoms with E-state index in [1.54, 1.807) is 0 Å². The number of benzene rings is 1. The maximum atomic E-state index is 4.69. The second-order valence-corrected chi connectivity index (χ2v) is 6.37. The van der Waals surface area contributed by atoms with Crippen LogP contribution in [0.2, 0.25) is 0 Å².